The lowest BCUT2D eigenvalue weighted by Crippen LogP contribution is -2.38. The molecule has 3 aromatic carbocycles. The van der Waals surface area contributed by atoms with Crippen molar-refractivity contribution in [3.63, 3.8) is 0 Å². The first kappa shape index (κ1) is 22.0. The third kappa shape index (κ3) is 6.67. The van der Waals surface area contributed by atoms with E-state index >= 15 is 0 Å². The van der Waals surface area contributed by atoms with Crippen molar-refractivity contribution in [2.24, 2.45) is 0 Å². The maximum absolute atomic E-state index is 13.3. The number of benzene rings is 3. The molecular weight excluding hydrogens is 393 g/mol. The first-order valence-electron chi connectivity index (χ1n) is 10.0. The van der Waals surface area contributed by atoms with E-state index < -0.39 is 0 Å². The average molecular weight is 420 g/mol. The first-order valence-corrected chi connectivity index (χ1v) is 10.0. The van der Waals surface area contributed by atoms with E-state index in [1.54, 1.807) is 12.1 Å². The molecule has 3 aromatic rings. The maximum atomic E-state index is 13.3. The topological polar surface area (TPSA) is 52.7 Å². The Bertz CT molecular complexity index is 1000. The van der Waals surface area contributed by atoms with Crippen LogP contribution in [0.4, 0.5) is 15.8 Å². The van der Waals surface area contributed by atoms with Crippen molar-refractivity contribution >= 4 is 23.2 Å². The van der Waals surface area contributed by atoms with Crippen molar-refractivity contribution < 1.29 is 14.0 Å². The molecule has 0 heterocycles. The van der Waals surface area contributed by atoms with Crippen LogP contribution in [0.25, 0.3) is 0 Å². The molecule has 0 saturated heterocycles. The molecule has 0 unspecified atom stereocenters. The van der Waals surface area contributed by atoms with E-state index in [1.807, 2.05) is 73.6 Å². The molecular formula is C25H26FN3O2. The summed E-state index contributed by atoms with van der Waals surface area (Å²) in [5.41, 5.74) is 3.31. The Morgan fingerprint density at radius 1 is 0.839 bits per heavy atom. The number of hydrogen-bond donors (Lipinski definition) is 1. The van der Waals surface area contributed by atoms with Crippen LogP contribution in [0.3, 0.4) is 0 Å². The number of hydrogen-bond acceptors (Lipinski definition) is 3. The van der Waals surface area contributed by atoms with E-state index in [0.29, 0.717) is 5.69 Å². The van der Waals surface area contributed by atoms with Crippen molar-refractivity contribution in [3.8, 4) is 0 Å². The molecule has 0 aliphatic carbocycles. The van der Waals surface area contributed by atoms with Gasteiger partial charge in [-0.3, -0.25) is 9.59 Å². The van der Waals surface area contributed by atoms with Gasteiger partial charge in [0.25, 0.3) is 0 Å². The van der Waals surface area contributed by atoms with Gasteiger partial charge in [0.15, 0.2) is 0 Å². The van der Waals surface area contributed by atoms with E-state index in [-0.39, 0.29) is 37.1 Å². The summed E-state index contributed by atoms with van der Waals surface area (Å²) in [5, 5.41) is 2.84. The van der Waals surface area contributed by atoms with Crippen molar-refractivity contribution in [2.75, 3.05) is 30.9 Å². The number of amides is 2. The zero-order valence-corrected chi connectivity index (χ0v) is 17.7. The summed E-state index contributed by atoms with van der Waals surface area (Å²) in [6.07, 6.45) is 0.187. The summed E-state index contributed by atoms with van der Waals surface area (Å²) < 4.78 is 13.3. The van der Waals surface area contributed by atoms with Gasteiger partial charge in [0.1, 0.15) is 12.4 Å². The molecule has 0 aliphatic heterocycles. The van der Waals surface area contributed by atoms with Crippen molar-refractivity contribution in [3.05, 3.63) is 95.8 Å². The maximum Gasteiger partial charge on any atom is 0.244 e. The van der Waals surface area contributed by atoms with E-state index in [1.165, 1.54) is 17.0 Å². The van der Waals surface area contributed by atoms with E-state index in [9.17, 15) is 14.0 Å². The normalized spacial score (nSPS) is 10.4. The number of nitrogens with zero attached hydrogens (tertiary/aromatic N) is 2. The lowest BCUT2D eigenvalue weighted by molar-refractivity contribution is -0.134. The Morgan fingerprint density at radius 2 is 1.48 bits per heavy atom. The highest BCUT2D eigenvalue weighted by Crippen LogP contribution is 2.16. The summed E-state index contributed by atoms with van der Waals surface area (Å²) in [7, 11) is 3.89. The van der Waals surface area contributed by atoms with Gasteiger partial charge in [-0.15, -0.1) is 0 Å². The van der Waals surface area contributed by atoms with Crippen molar-refractivity contribution in [2.45, 2.75) is 13.0 Å². The number of nitrogens with one attached hydrogen (secondary N) is 1. The van der Waals surface area contributed by atoms with Gasteiger partial charge < -0.3 is 15.1 Å². The van der Waals surface area contributed by atoms with Crippen LogP contribution in [0.1, 0.15) is 11.1 Å². The summed E-state index contributed by atoms with van der Waals surface area (Å²) in [4.78, 5) is 29.1. The smallest absolute Gasteiger partial charge is 0.244 e. The van der Waals surface area contributed by atoms with Gasteiger partial charge in [-0.25, -0.2) is 4.39 Å². The lowest BCUT2D eigenvalue weighted by Gasteiger charge is -2.23. The number of rotatable bonds is 8. The number of anilines is 2. The number of halogens is 1. The molecule has 0 atom stereocenters. The lowest BCUT2D eigenvalue weighted by atomic mass is 10.1. The molecule has 2 amide bonds. The molecule has 3 rings (SSSR count). The summed E-state index contributed by atoms with van der Waals surface area (Å²) >= 11 is 0. The molecule has 0 aliphatic rings. The first-order chi connectivity index (χ1) is 14.9. The standard InChI is InChI=1S/C25H26FN3O2/c1-28(2)23-14-12-22(13-15-23)27-24(30)18-29(17-20-8-10-21(26)11-9-20)25(31)16-19-6-4-3-5-7-19/h3-15H,16-18H2,1-2H3,(H,27,30). The van der Waals surface area contributed by atoms with Gasteiger partial charge >= 0.3 is 0 Å². The zero-order chi connectivity index (χ0) is 22.2. The van der Waals surface area contributed by atoms with Gasteiger partial charge in [-0.2, -0.15) is 0 Å². The van der Waals surface area contributed by atoms with Crippen molar-refractivity contribution in [1.29, 1.82) is 0 Å². The van der Waals surface area contributed by atoms with Crippen LogP contribution < -0.4 is 10.2 Å². The Balaban J connectivity index is 1.70. The van der Waals surface area contributed by atoms with E-state index in [2.05, 4.69) is 5.32 Å². The van der Waals surface area contributed by atoms with Crippen LogP contribution in [0.2, 0.25) is 0 Å². The minimum atomic E-state index is -0.343. The zero-order valence-electron chi connectivity index (χ0n) is 17.7. The molecule has 5 nitrogen and oxygen atoms in total. The molecule has 0 bridgehead atoms. The Kier molecular flexibility index (Phi) is 7.38. The van der Waals surface area contributed by atoms with Gasteiger partial charge in [-0.05, 0) is 47.5 Å². The molecule has 0 spiro atoms. The van der Waals surface area contributed by atoms with Gasteiger partial charge in [0, 0.05) is 32.0 Å². The van der Waals surface area contributed by atoms with Crippen molar-refractivity contribution in [1.82, 2.24) is 4.90 Å². The third-order valence-electron chi connectivity index (χ3n) is 4.84. The Hall–Kier alpha value is -3.67. The largest absolute Gasteiger partial charge is 0.378 e. The highest BCUT2D eigenvalue weighted by atomic mass is 19.1. The molecule has 6 heteroatoms. The van der Waals surface area contributed by atoms with Gasteiger partial charge in [0.2, 0.25) is 11.8 Å². The molecule has 0 radical (unpaired) electrons. The third-order valence-corrected chi connectivity index (χ3v) is 4.84. The molecule has 160 valence electrons. The molecule has 0 saturated carbocycles. The van der Waals surface area contributed by atoms with E-state index in [4.69, 9.17) is 0 Å². The Morgan fingerprint density at radius 3 is 2.10 bits per heavy atom. The number of carbonyl (C=O) groups excluding carboxylic acids is 2. The molecule has 0 aromatic heterocycles. The second-order valence-corrected chi connectivity index (χ2v) is 7.53. The average Bonchev–Trinajstić information content (AvgIpc) is 2.76. The van der Waals surface area contributed by atoms with Crippen LogP contribution in [0.5, 0.6) is 0 Å². The fraction of sp³-hybridized carbons (Fsp3) is 0.200. The van der Waals surface area contributed by atoms with Gasteiger partial charge in [0.05, 0.1) is 6.42 Å². The van der Waals surface area contributed by atoms with Crippen LogP contribution in [-0.2, 0) is 22.6 Å². The minimum absolute atomic E-state index is 0.0987. The second-order valence-electron chi connectivity index (χ2n) is 7.53. The summed E-state index contributed by atoms with van der Waals surface area (Å²) in [6.45, 7) is 0.122. The van der Waals surface area contributed by atoms with Crippen LogP contribution in [0.15, 0.2) is 78.9 Å². The molecule has 31 heavy (non-hydrogen) atoms. The highest BCUT2D eigenvalue weighted by Gasteiger charge is 2.18. The summed E-state index contributed by atoms with van der Waals surface area (Å²) in [5.74, 6) is -0.806. The highest BCUT2D eigenvalue weighted by molar-refractivity contribution is 5.95. The SMILES string of the molecule is CN(C)c1ccc(NC(=O)CN(Cc2ccc(F)cc2)C(=O)Cc2ccccc2)cc1. The van der Waals surface area contributed by atoms with Crippen LogP contribution >= 0.6 is 0 Å². The molecule has 0 fully saturated rings. The van der Waals surface area contributed by atoms with Gasteiger partial charge in [-0.1, -0.05) is 42.5 Å². The predicted octanol–water partition coefficient (Wildman–Crippen LogP) is 4.10. The van der Waals surface area contributed by atoms with Crippen LogP contribution in [0, 0.1) is 5.82 Å². The monoisotopic (exact) mass is 419 g/mol. The predicted molar refractivity (Wildman–Crippen MR) is 121 cm³/mol. The number of carbonyl (C=O) groups is 2. The minimum Gasteiger partial charge on any atom is -0.378 e. The fourth-order valence-electron chi connectivity index (χ4n) is 3.14. The fourth-order valence-corrected chi connectivity index (χ4v) is 3.14. The molecule has 1 N–H and O–H groups in total. The Labute approximate surface area is 182 Å². The quantitative estimate of drug-likeness (QED) is 0.598. The van der Waals surface area contributed by atoms with Crippen LogP contribution in [-0.4, -0.2) is 37.4 Å². The second kappa shape index (κ2) is 10.4. The van der Waals surface area contributed by atoms with E-state index in [0.717, 1.165) is 16.8 Å². The summed E-state index contributed by atoms with van der Waals surface area (Å²) in [6, 6.07) is 22.8.